The van der Waals surface area contributed by atoms with Crippen LogP contribution in [-0.4, -0.2) is 30.5 Å². The summed E-state index contributed by atoms with van der Waals surface area (Å²) < 4.78 is 10.7. The average molecular weight is 381 g/mol. The normalized spacial score (nSPS) is 10.3. The smallest absolute Gasteiger partial charge is 0.330 e. The molecule has 28 heavy (non-hydrogen) atoms. The number of hydrogen-bond donors (Lipinski definition) is 0. The van der Waals surface area contributed by atoms with Gasteiger partial charge in [-0.25, -0.2) is 4.79 Å². The van der Waals surface area contributed by atoms with Crippen LogP contribution in [0.1, 0.15) is 48.9 Å². The molecule has 2 aromatic rings. The van der Waals surface area contributed by atoms with E-state index in [-0.39, 0.29) is 5.97 Å². The molecule has 0 spiro atoms. The minimum absolute atomic E-state index is 0.351. The zero-order valence-corrected chi connectivity index (χ0v) is 16.1. The maximum atomic E-state index is 10.9. The first-order chi connectivity index (χ1) is 13.7. The van der Waals surface area contributed by atoms with Crippen LogP contribution in [0.4, 0.5) is 0 Å². The lowest BCUT2D eigenvalue weighted by molar-refractivity contribution is -0.137. The van der Waals surface area contributed by atoms with Gasteiger partial charge in [-0.15, -0.1) is 0 Å². The molecule has 1 aromatic heterocycles. The summed E-state index contributed by atoms with van der Waals surface area (Å²) in [5.74, 6) is 0.410. The summed E-state index contributed by atoms with van der Waals surface area (Å²) in [4.78, 5) is 26.0. The lowest BCUT2D eigenvalue weighted by atomic mass is 10.1. The first-order valence-electron chi connectivity index (χ1n) is 9.66. The third kappa shape index (κ3) is 7.74. The van der Waals surface area contributed by atoms with E-state index >= 15 is 0 Å². The molecule has 1 heterocycles. The van der Waals surface area contributed by atoms with Crippen molar-refractivity contribution in [2.75, 3.05) is 13.2 Å². The van der Waals surface area contributed by atoms with E-state index in [0.29, 0.717) is 18.8 Å². The highest BCUT2D eigenvalue weighted by molar-refractivity contribution is 5.81. The SMILES string of the molecule is C=CC(=O)OCCCCCCCCOc1ccc(-c2ccc(C=O)cc2)nc1. The zero-order valence-electron chi connectivity index (χ0n) is 16.1. The van der Waals surface area contributed by atoms with Crippen molar-refractivity contribution in [3.05, 3.63) is 60.8 Å². The van der Waals surface area contributed by atoms with Crippen LogP contribution < -0.4 is 4.74 Å². The van der Waals surface area contributed by atoms with Gasteiger partial charge in [-0.2, -0.15) is 0 Å². The molecule has 5 nitrogen and oxygen atoms in total. The molecule has 0 atom stereocenters. The van der Waals surface area contributed by atoms with Gasteiger partial charge in [0.05, 0.1) is 25.1 Å². The summed E-state index contributed by atoms with van der Waals surface area (Å²) in [6.07, 6.45) is 10.1. The van der Waals surface area contributed by atoms with Crippen LogP contribution in [0.2, 0.25) is 0 Å². The number of esters is 1. The van der Waals surface area contributed by atoms with E-state index in [1.807, 2.05) is 24.3 Å². The summed E-state index contributed by atoms with van der Waals surface area (Å²) in [5.41, 5.74) is 2.47. The molecule has 0 bridgehead atoms. The molecule has 0 saturated carbocycles. The minimum atomic E-state index is -0.351. The molecule has 5 heteroatoms. The molecule has 0 fully saturated rings. The Hall–Kier alpha value is -2.95. The molecule has 0 radical (unpaired) electrons. The Labute approximate surface area is 166 Å². The van der Waals surface area contributed by atoms with Crippen molar-refractivity contribution in [1.82, 2.24) is 4.98 Å². The second-order valence-corrected chi connectivity index (χ2v) is 6.46. The molecule has 0 N–H and O–H groups in total. The lowest BCUT2D eigenvalue weighted by Crippen LogP contribution is -2.01. The van der Waals surface area contributed by atoms with Crippen LogP contribution in [-0.2, 0) is 9.53 Å². The number of rotatable bonds is 13. The second kappa shape index (κ2) is 12.4. The van der Waals surface area contributed by atoms with Gasteiger partial charge in [-0.1, -0.05) is 56.5 Å². The maximum absolute atomic E-state index is 10.9. The predicted molar refractivity (Wildman–Crippen MR) is 109 cm³/mol. The quantitative estimate of drug-likeness (QED) is 0.211. The first kappa shape index (κ1) is 21.4. The van der Waals surface area contributed by atoms with Gasteiger partial charge < -0.3 is 9.47 Å². The van der Waals surface area contributed by atoms with Gasteiger partial charge in [0.1, 0.15) is 12.0 Å². The largest absolute Gasteiger partial charge is 0.492 e. The molecular weight excluding hydrogens is 354 g/mol. The molecule has 0 unspecified atom stereocenters. The molecule has 0 aliphatic heterocycles. The van der Waals surface area contributed by atoms with E-state index in [1.54, 1.807) is 18.3 Å². The Morgan fingerprint density at radius 1 is 0.929 bits per heavy atom. The van der Waals surface area contributed by atoms with Crippen molar-refractivity contribution in [3.8, 4) is 17.0 Å². The zero-order chi connectivity index (χ0) is 20.0. The fourth-order valence-electron chi connectivity index (χ4n) is 2.70. The number of pyridine rings is 1. The molecule has 148 valence electrons. The Morgan fingerprint density at radius 3 is 2.21 bits per heavy atom. The molecule has 0 aliphatic rings. The van der Waals surface area contributed by atoms with Gasteiger partial charge in [0.2, 0.25) is 0 Å². The number of carbonyl (C=O) groups is 2. The van der Waals surface area contributed by atoms with Crippen molar-refractivity contribution < 1.29 is 19.1 Å². The van der Waals surface area contributed by atoms with E-state index in [2.05, 4.69) is 11.6 Å². The van der Waals surface area contributed by atoms with Gasteiger partial charge in [0.25, 0.3) is 0 Å². The summed E-state index contributed by atoms with van der Waals surface area (Å²) in [7, 11) is 0. The monoisotopic (exact) mass is 381 g/mol. The third-order valence-corrected chi connectivity index (χ3v) is 4.30. The Bertz CT molecular complexity index is 738. The third-order valence-electron chi connectivity index (χ3n) is 4.30. The van der Waals surface area contributed by atoms with Gasteiger partial charge in [0.15, 0.2) is 0 Å². The summed E-state index contributed by atoms with van der Waals surface area (Å²) in [6.45, 7) is 4.51. The number of aromatic nitrogens is 1. The number of aldehydes is 1. The van der Waals surface area contributed by atoms with E-state index in [4.69, 9.17) is 9.47 Å². The van der Waals surface area contributed by atoms with E-state index in [0.717, 1.165) is 61.8 Å². The number of ether oxygens (including phenoxy) is 2. The van der Waals surface area contributed by atoms with Crippen molar-refractivity contribution in [1.29, 1.82) is 0 Å². The Morgan fingerprint density at radius 2 is 1.61 bits per heavy atom. The van der Waals surface area contributed by atoms with Crippen LogP contribution in [0.5, 0.6) is 5.75 Å². The summed E-state index contributed by atoms with van der Waals surface area (Å²) in [6, 6.07) is 11.2. The summed E-state index contributed by atoms with van der Waals surface area (Å²) >= 11 is 0. The Kier molecular flexibility index (Phi) is 9.49. The minimum Gasteiger partial charge on any atom is -0.492 e. The number of nitrogens with zero attached hydrogens (tertiary/aromatic N) is 1. The van der Waals surface area contributed by atoms with Crippen LogP contribution in [0.3, 0.4) is 0 Å². The Balaban J connectivity index is 1.56. The van der Waals surface area contributed by atoms with Gasteiger partial charge in [-0.05, 0) is 25.0 Å². The molecule has 0 amide bonds. The first-order valence-corrected chi connectivity index (χ1v) is 9.66. The fourth-order valence-corrected chi connectivity index (χ4v) is 2.70. The number of carbonyl (C=O) groups excluding carboxylic acids is 2. The van der Waals surface area contributed by atoms with Crippen LogP contribution in [0.15, 0.2) is 55.3 Å². The lowest BCUT2D eigenvalue weighted by Gasteiger charge is -2.07. The average Bonchev–Trinajstić information content (AvgIpc) is 2.75. The van der Waals surface area contributed by atoms with Gasteiger partial charge in [0, 0.05) is 17.2 Å². The van der Waals surface area contributed by atoms with E-state index in [9.17, 15) is 9.59 Å². The summed E-state index contributed by atoms with van der Waals surface area (Å²) in [5, 5.41) is 0. The topological polar surface area (TPSA) is 65.5 Å². The maximum Gasteiger partial charge on any atom is 0.330 e. The highest BCUT2D eigenvalue weighted by Crippen LogP contribution is 2.20. The van der Waals surface area contributed by atoms with Crippen LogP contribution in [0, 0.1) is 0 Å². The number of benzene rings is 1. The van der Waals surface area contributed by atoms with Crippen molar-refractivity contribution in [2.24, 2.45) is 0 Å². The van der Waals surface area contributed by atoms with Crippen LogP contribution >= 0.6 is 0 Å². The van der Waals surface area contributed by atoms with E-state index < -0.39 is 0 Å². The number of unbranched alkanes of at least 4 members (excludes halogenated alkanes) is 5. The highest BCUT2D eigenvalue weighted by Gasteiger charge is 2.01. The van der Waals surface area contributed by atoms with Gasteiger partial charge >= 0.3 is 5.97 Å². The molecule has 1 aromatic carbocycles. The molecular formula is C23H27NO4. The fraction of sp³-hybridized carbons (Fsp3) is 0.348. The standard InChI is InChI=1S/C23H27NO4/c1-2-23(26)28-16-8-6-4-3-5-7-15-27-21-13-14-22(24-17-21)20-11-9-19(18-25)10-12-20/h2,9-14,17-18H,1,3-8,15-16H2. The van der Waals surface area contributed by atoms with Crippen molar-refractivity contribution in [2.45, 2.75) is 38.5 Å². The molecule has 2 rings (SSSR count). The van der Waals surface area contributed by atoms with Crippen LogP contribution in [0.25, 0.3) is 11.3 Å². The van der Waals surface area contributed by atoms with E-state index in [1.165, 1.54) is 6.08 Å². The van der Waals surface area contributed by atoms with Crippen molar-refractivity contribution >= 4 is 12.3 Å². The predicted octanol–water partition coefficient (Wildman–Crippen LogP) is 5.01. The molecule has 0 saturated heterocycles. The second-order valence-electron chi connectivity index (χ2n) is 6.46. The number of hydrogen-bond acceptors (Lipinski definition) is 5. The van der Waals surface area contributed by atoms with Gasteiger partial charge in [-0.3, -0.25) is 9.78 Å². The van der Waals surface area contributed by atoms with Crippen molar-refractivity contribution in [3.63, 3.8) is 0 Å². The molecule has 0 aliphatic carbocycles. The highest BCUT2D eigenvalue weighted by atomic mass is 16.5.